The van der Waals surface area contributed by atoms with Crippen LogP contribution in [-0.4, -0.2) is 0 Å². The first kappa shape index (κ1) is 34.0. The van der Waals surface area contributed by atoms with Gasteiger partial charge in [0.15, 0.2) is 0 Å². The Morgan fingerprint density at radius 3 is 0.0833 bits per heavy atom. The highest BCUT2D eigenvalue weighted by Crippen LogP contribution is 2.18. The topological polar surface area (TPSA) is 0 Å². The molecule has 9 rings (SSSR count). The zero-order valence-corrected chi connectivity index (χ0v) is 25.5. The second-order valence-electron chi connectivity index (χ2n) is 12.7. The van der Waals surface area contributed by atoms with Gasteiger partial charge in [0.25, 0.3) is 0 Å². The molecule has 0 amide bonds. The van der Waals surface area contributed by atoms with Crippen molar-refractivity contribution in [1.82, 2.24) is 0 Å². The van der Waals surface area contributed by atoms with Gasteiger partial charge in [0.2, 0.25) is 0 Å². The largest absolute Gasteiger partial charge is 0.0533 e. The number of hydrogen-bond acceptors (Lipinski definition) is 0. The molecule has 9 fully saturated rings. The molecule has 0 radical (unpaired) electrons. The van der Waals surface area contributed by atoms with E-state index < -0.39 is 0 Å². The van der Waals surface area contributed by atoms with Crippen molar-refractivity contribution in [3.63, 3.8) is 0 Å². The Labute approximate surface area is 231 Å². The van der Waals surface area contributed by atoms with Crippen LogP contribution in [0.4, 0.5) is 0 Å². The van der Waals surface area contributed by atoms with Crippen LogP contribution in [0.3, 0.4) is 0 Å². The van der Waals surface area contributed by atoms with E-state index in [2.05, 4.69) is 0 Å². The number of hydrogen-bond donors (Lipinski definition) is 0. The van der Waals surface area contributed by atoms with Gasteiger partial charge in [-0.1, -0.05) is 231 Å². The van der Waals surface area contributed by atoms with Crippen LogP contribution in [0.1, 0.15) is 231 Å². The third kappa shape index (κ3) is 28.6. The molecule has 0 saturated heterocycles. The molecule has 9 saturated carbocycles. The van der Waals surface area contributed by atoms with Gasteiger partial charge >= 0.3 is 0 Å². The fourth-order valence-corrected chi connectivity index (χ4v) is 2.25. The third-order valence-electron chi connectivity index (χ3n) is 9.00. The van der Waals surface area contributed by atoms with Crippen LogP contribution in [-0.2, 0) is 0 Å². The van der Waals surface area contributed by atoms with Gasteiger partial charge < -0.3 is 0 Å². The van der Waals surface area contributed by atoms with Gasteiger partial charge in [-0.25, -0.2) is 0 Å². The quantitative estimate of drug-likeness (QED) is 0.307. The summed E-state index contributed by atoms with van der Waals surface area (Å²) in [5, 5.41) is 0. The van der Waals surface area contributed by atoms with E-state index in [9.17, 15) is 0 Å². The first-order valence-electron chi connectivity index (χ1n) is 18.0. The van der Waals surface area contributed by atoms with E-state index >= 15 is 0 Å². The Hall–Kier alpha value is 0. The standard InChI is InChI=1S/9C4H8/c9*1-2-4-3-1/h9*1-4H2. The molecule has 36 heavy (non-hydrogen) atoms. The van der Waals surface area contributed by atoms with Crippen LogP contribution in [0.25, 0.3) is 0 Å². The summed E-state index contributed by atoms with van der Waals surface area (Å²) in [4.78, 5) is 0. The minimum absolute atomic E-state index is 1.50. The third-order valence-corrected chi connectivity index (χ3v) is 9.00. The molecule has 0 nitrogen and oxygen atoms in total. The molecular weight excluding hydrogens is 432 g/mol. The molecule has 0 heteroatoms. The molecule has 0 aliphatic heterocycles. The fourth-order valence-electron chi connectivity index (χ4n) is 2.25. The van der Waals surface area contributed by atoms with Crippen molar-refractivity contribution in [3.8, 4) is 0 Å². The summed E-state index contributed by atoms with van der Waals surface area (Å²) in [6, 6.07) is 0. The van der Waals surface area contributed by atoms with Crippen molar-refractivity contribution < 1.29 is 0 Å². The molecule has 0 atom stereocenters. The maximum Gasteiger partial charge on any atom is -0.0533 e. The van der Waals surface area contributed by atoms with Crippen LogP contribution in [0.15, 0.2) is 0 Å². The average molecular weight is 505 g/mol. The van der Waals surface area contributed by atoms with E-state index in [1.807, 2.05) is 0 Å². The van der Waals surface area contributed by atoms with Gasteiger partial charge in [-0.3, -0.25) is 0 Å². The summed E-state index contributed by atoms with van der Waals surface area (Å²) >= 11 is 0. The summed E-state index contributed by atoms with van der Waals surface area (Å²) in [6.07, 6.45) is 54.0. The summed E-state index contributed by atoms with van der Waals surface area (Å²) in [5.41, 5.74) is 0. The molecule has 216 valence electrons. The van der Waals surface area contributed by atoms with Gasteiger partial charge in [0.1, 0.15) is 0 Å². The first-order valence-corrected chi connectivity index (χ1v) is 18.0. The van der Waals surface area contributed by atoms with E-state index in [0.717, 1.165) is 0 Å². The monoisotopic (exact) mass is 505 g/mol. The fraction of sp³-hybridized carbons (Fsp3) is 1.00. The lowest BCUT2D eigenvalue weighted by molar-refractivity contribution is 0.504. The van der Waals surface area contributed by atoms with Crippen molar-refractivity contribution in [2.24, 2.45) is 0 Å². The number of rotatable bonds is 0. The Kier molecular flexibility index (Phi) is 29.5. The van der Waals surface area contributed by atoms with E-state index in [0.29, 0.717) is 0 Å². The Bertz CT molecular complexity index is 186. The lowest BCUT2D eigenvalue weighted by atomic mass is 10.0. The molecule has 9 aliphatic rings. The molecule has 9 aliphatic carbocycles. The summed E-state index contributed by atoms with van der Waals surface area (Å²) in [7, 11) is 0. The molecule has 0 heterocycles. The zero-order valence-electron chi connectivity index (χ0n) is 25.5. The van der Waals surface area contributed by atoms with E-state index in [-0.39, 0.29) is 0 Å². The lowest BCUT2D eigenvalue weighted by Gasteiger charge is -2.05. The minimum atomic E-state index is 1.50. The van der Waals surface area contributed by atoms with Crippen molar-refractivity contribution in [2.75, 3.05) is 0 Å². The van der Waals surface area contributed by atoms with Gasteiger partial charge in [0, 0.05) is 0 Å². The van der Waals surface area contributed by atoms with Gasteiger partial charge in [-0.05, 0) is 0 Å². The van der Waals surface area contributed by atoms with Crippen molar-refractivity contribution in [2.45, 2.75) is 231 Å². The molecule has 0 aromatic carbocycles. The van der Waals surface area contributed by atoms with Crippen LogP contribution < -0.4 is 0 Å². The van der Waals surface area contributed by atoms with Crippen LogP contribution in [0.5, 0.6) is 0 Å². The molecule has 0 aromatic heterocycles. The van der Waals surface area contributed by atoms with E-state index in [4.69, 9.17) is 0 Å². The predicted octanol–water partition coefficient (Wildman–Crippen LogP) is 14.0. The predicted molar refractivity (Wildman–Crippen MR) is 166 cm³/mol. The van der Waals surface area contributed by atoms with Crippen molar-refractivity contribution >= 4 is 0 Å². The van der Waals surface area contributed by atoms with Gasteiger partial charge in [-0.15, -0.1) is 0 Å². The molecular formula is C36H72. The Morgan fingerprint density at radius 1 is 0.0556 bits per heavy atom. The van der Waals surface area contributed by atoms with Crippen LogP contribution >= 0.6 is 0 Å². The highest BCUT2D eigenvalue weighted by molar-refractivity contribution is 4.54. The summed E-state index contributed by atoms with van der Waals surface area (Å²) < 4.78 is 0. The molecule has 0 spiro atoms. The first-order chi connectivity index (χ1) is 18.0. The van der Waals surface area contributed by atoms with Crippen molar-refractivity contribution in [1.29, 1.82) is 0 Å². The summed E-state index contributed by atoms with van der Waals surface area (Å²) in [5.74, 6) is 0. The lowest BCUT2D eigenvalue weighted by Crippen LogP contribution is -1.85. The van der Waals surface area contributed by atoms with Gasteiger partial charge in [-0.2, -0.15) is 0 Å². The van der Waals surface area contributed by atoms with Crippen molar-refractivity contribution in [3.05, 3.63) is 0 Å². The summed E-state index contributed by atoms with van der Waals surface area (Å²) in [6.45, 7) is 0. The van der Waals surface area contributed by atoms with E-state index in [1.165, 1.54) is 231 Å². The molecule has 0 unspecified atom stereocenters. The highest BCUT2D eigenvalue weighted by atomic mass is 14.0. The average Bonchev–Trinajstić information content (AvgIpc) is 2.26. The second kappa shape index (κ2) is 31.2. The van der Waals surface area contributed by atoms with Gasteiger partial charge in [0.05, 0.1) is 0 Å². The Balaban J connectivity index is 0.000000202. The van der Waals surface area contributed by atoms with Crippen LogP contribution in [0, 0.1) is 0 Å². The van der Waals surface area contributed by atoms with E-state index in [1.54, 1.807) is 0 Å². The smallest absolute Gasteiger partial charge is 0.0533 e. The molecule has 0 bridgehead atoms. The van der Waals surface area contributed by atoms with Crippen LogP contribution in [0.2, 0.25) is 0 Å². The minimum Gasteiger partial charge on any atom is -0.0533 e. The maximum atomic E-state index is 1.50. The molecule has 0 N–H and O–H groups in total. The SMILES string of the molecule is C1CCC1.C1CCC1.C1CCC1.C1CCC1.C1CCC1.C1CCC1.C1CCC1.C1CCC1.C1CCC1. The second-order valence-corrected chi connectivity index (χ2v) is 12.7. The highest BCUT2D eigenvalue weighted by Gasteiger charge is 1.98. The molecule has 0 aromatic rings. The Morgan fingerprint density at radius 2 is 0.0833 bits per heavy atom. The normalized spacial score (nSPS) is 24.0. The zero-order chi connectivity index (χ0) is 25.5. The maximum absolute atomic E-state index is 1.50.